The standard InChI is InChI=1S/C24H45NO5/c1-2-3-4-5-6-7-8-9-10-11-12-13-14-15-16-19-22(26)25-21(24(29)30)18-17-20-23(27)28/h21H,2-20H2,1H3,(H,25,26)(H,27,28)(H,29,30)/t21-/m1/s1. The second kappa shape index (κ2) is 20.7. The van der Waals surface area contributed by atoms with Gasteiger partial charge in [-0.15, -0.1) is 0 Å². The molecule has 0 fully saturated rings. The van der Waals surface area contributed by atoms with Crippen molar-refractivity contribution in [3.05, 3.63) is 0 Å². The van der Waals surface area contributed by atoms with E-state index in [1.54, 1.807) is 0 Å². The SMILES string of the molecule is CCCCCCCCCCCCCCCCCC(=O)N[C@H](CCCC(=O)O)C(=O)O. The Bertz CT molecular complexity index is 453. The number of carbonyl (C=O) groups is 3. The minimum atomic E-state index is -1.11. The van der Waals surface area contributed by atoms with Gasteiger partial charge < -0.3 is 15.5 Å². The fraction of sp³-hybridized carbons (Fsp3) is 0.875. The molecule has 0 aliphatic heterocycles. The van der Waals surface area contributed by atoms with Crippen LogP contribution in [0.25, 0.3) is 0 Å². The summed E-state index contributed by atoms with van der Waals surface area (Å²) in [6.07, 6.45) is 19.6. The Morgan fingerprint density at radius 2 is 1.07 bits per heavy atom. The molecule has 0 radical (unpaired) electrons. The van der Waals surface area contributed by atoms with E-state index in [0.29, 0.717) is 6.42 Å². The van der Waals surface area contributed by atoms with Gasteiger partial charge in [0.25, 0.3) is 0 Å². The predicted molar refractivity (Wildman–Crippen MR) is 121 cm³/mol. The first-order valence-corrected chi connectivity index (χ1v) is 12.2. The Morgan fingerprint density at radius 1 is 0.633 bits per heavy atom. The summed E-state index contributed by atoms with van der Waals surface area (Å²) in [4.78, 5) is 33.6. The van der Waals surface area contributed by atoms with E-state index in [-0.39, 0.29) is 25.2 Å². The lowest BCUT2D eigenvalue weighted by Gasteiger charge is -2.14. The number of hydrogen-bond acceptors (Lipinski definition) is 3. The zero-order chi connectivity index (χ0) is 22.5. The van der Waals surface area contributed by atoms with Gasteiger partial charge >= 0.3 is 11.9 Å². The molecule has 0 saturated carbocycles. The third-order valence-corrected chi connectivity index (χ3v) is 5.52. The quantitative estimate of drug-likeness (QED) is 0.182. The summed E-state index contributed by atoms with van der Waals surface area (Å²) in [6, 6.07) is -0.992. The van der Waals surface area contributed by atoms with Gasteiger partial charge in [-0.25, -0.2) is 4.79 Å². The molecule has 3 N–H and O–H groups in total. The number of unbranched alkanes of at least 4 members (excludes halogenated alkanes) is 14. The summed E-state index contributed by atoms with van der Waals surface area (Å²) < 4.78 is 0. The normalized spacial score (nSPS) is 11.9. The van der Waals surface area contributed by atoms with E-state index < -0.39 is 18.0 Å². The van der Waals surface area contributed by atoms with Crippen LogP contribution >= 0.6 is 0 Å². The molecule has 1 atom stereocenters. The first-order chi connectivity index (χ1) is 14.5. The lowest BCUT2D eigenvalue weighted by molar-refractivity contribution is -0.142. The van der Waals surface area contributed by atoms with Crippen molar-refractivity contribution in [3.63, 3.8) is 0 Å². The highest BCUT2D eigenvalue weighted by atomic mass is 16.4. The Balaban J connectivity index is 3.49. The van der Waals surface area contributed by atoms with Crippen molar-refractivity contribution in [2.45, 2.75) is 135 Å². The van der Waals surface area contributed by atoms with Crippen molar-refractivity contribution in [2.24, 2.45) is 0 Å². The molecule has 0 spiro atoms. The average Bonchev–Trinajstić information content (AvgIpc) is 2.69. The van der Waals surface area contributed by atoms with Gasteiger partial charge in [-0.1, -0.05) is 96.8 Å². The van der Waals surface area contributed by atoms with Crippen molar-refractivity contribution < 1.29 is 24.6 Å². The largest absolute Gasteiger partial charge is 0.481 e. The first kappa shape index (κ1) is 28.4. The average molecular weight is 428 g/mol. The van der Waals surface area contributed by atoms with Crippen LogP contribution in [0.1, 0.15) is 129 Å². The lowest BCUT2D eigenvalue weighted by atomic mass is 10.0. The number of carbonyl (C=O) groups excluding carboxylic acids is 1. The zero-order valence-electron chi connectivity index (χ0n) is 19.1. The Hall–Kier alpha value is -1.59. The molecule has 0 saturated heterocycles. The third kappa shape index (κ3) is 19.7. The highest BCUT2D eigenvalue weighted by Gasteiger charge is 2.19. The van der Waals surface area contributed by atoms with Gasteiger partial charge in [0.1, 0.15) is 6.04 Å². The molecule has 0 heterocycles. The van der Waals surface area contributed by atoms with Crippen LogP contribution in [0.4, 0.5) is 0 Å². The van der Waals surface area contributed by atoms with Crippen LogP contribution < -0.4 is 5.32 Å². The summed E-state index contributed by atoms with van der Waals surface area (Å²) in [5.41, 5.74) is 0. The minimum Gasteiger partial charge on any atom is -0.481 e. The van der Waals surface area contributed by atoms with Crippen molar-refractivity contribution in [3.8, 4) is 0 Å². The van der Waals surface area contributed by atoms with Crippen LogP contribution in [-0.2, 0) is 14.4 Å². The van der Waals surface area contributed by atoms with Crippen molar-refractivity contribution in [1.82, 2.24) is 5.32 Å². The molecule has 0 bridgehead atoms. The summed E-state index contributed by atoms with van der Waals surface area (Å²) in [7, 11) is 0. The molecule has 6 nitrogen and oxygen atoms in total. The van der Waals surface area contributed by atoms with E-state index in [1.165, 1.54) is 77.0 Å². The number of amides is 1. The molecule has 0 rings (SSSR count). The van der Waals surface area contributed by atoms with E-state index >= 15 is 0 Å². The molecule has 6 heteroatoms. The molecule has 30 heavy (non-hydrogen) atoms. The maximum Gasteiger partial charge on any atom is 0.326 e. The predicted octanol–water partition coefficient (Wildman–Crippen LogP) is 6.07. The van der Waals surface area contributed by atoms with Gasteiger partial charge in [0, 0.05) is 12.8 Å². The Morgan fingerprint density at radius 3 is 1.47 bits per heavy atom. The van der Waals surface area contributed by atoms with Gasteiger partial charge in [0.15, 0.2) is 0 Å². The van der Waals surface area contributed by atoms with Crippen LogP contribution in [0.3, 0.4) is 0 Å². The topological polar surface area (TPSA) is 104 Å². The van der Waals surface area contributed by atoms with Gasteiger partial charge in [-0.2, -0.15) is 0 Å². The maximum absolute atomic E-state index is 11.9. The molecular weight excluding hydrogens is 382 g/mol. The van der Waals surface area contributed by atoms with E-state index in [9.17, 15) is 14.4 Å². The summed E-state index contributed by atoms with van der Waals surface area (Å²) >= 11 is 0. The zero-order valence-corrected chi connectivity index (χ0v) is 19.1. The Kier molecular flexibility index (Phi) is 19.6. The van der Waals surface area contributed by atoms with Crippen molar-refractivity contribution in [1.29, 1.82) is 0 Å². The summed E-state index contributed by atoms with van der Waals surface area (Å²) in [5.74, 6) is -2.32. The van der Waals surface area contributed by atoms with Crippen LogP contribution in [-0.4, -0.2) is 34.1 Å². The number of hydrogen-bond donors (Lipinski definition) is 3. The summed E-state index contributed by atoms with van der Waals surface area (Å²) in [6.45, 7) is 2.25. The second-order valence-corrected chi connectivity index (χ2v) is 8.44. The van der Waals surface area contributed by atoms with Gasteiger partial charge in [0.05, 0.1) is 0 Å². The highest BCUT2D eigenvalue weighted by molar-refractivity contribution is 5.83. The fourth-order valence-corrected chi connectivity index (χ4v) is 3.64. The number of rotatable bonds is 22. The number of carboxylic acid groups (broad SMARTS) is 2. The molecule has 0 aliphatic rings. The van der Waals surface area contributed by atoms with Crippen LogP contribution in [0.2, 0.25) is 0 Å². The summed E-state index contributed by atoms with van der Waals surface area (Å²) in [5, 5.41) is 20.3. The van der Waals surface area contributed by atoms with E-state index in [1.807, 2.05) is 0 Å². The maximum atomic E-state index is 11.9. The monoisotopic (exact) mass is 427 g/mol. The van der Waals surface area contributed by atoms with Crippen LogP contribution in [0, 0.1) is 0 Å². The molecular formula is C24H45NO5. The van der Waals surface area contributed by atoms with Crippen LogP contribution in [0.5, 0.6) is 0 Å². The number of nitrogens with one attached hydrogen (secondary N) is 1. The second-order valence-electron chi connectivity index (χ2n) is 8.44. The van der Waals surface area contributed by atoms with Gasteiger partial charge in [-0.3, -0.25) is 9.59 Å². The molecule has 1 amide bonds. The molecule has 0 unspecified atom stereocenters. The number of carboxylic acids is 2. The third-order valence-electron chi connectivity index (χ3n) is 5.52. The fourth-order valence-electron chi connectivity index (χ4n) is 3.64. The Labute approximate surface area is 183 Å². The number of aliphatic carboxylic acids is 2. The molecule has 0 aliphatic carbocycles. The highest BCUT2D eigenvalue weighted by Crippen LogP contribution is 2.13. The first-order valence-electron chi connectivity index (χ1n) is 12.2. The van der Waals surface area contributed by atoms with Crippen LogP contribution in [0.15, 0.2) is 0 Å². The van der Waals surface area contributed by atoms with Gasteiger partial charge in [0.2, 0.25) is 5.91 Å². The smallest absolute Gasteiger partial charge is 0.326 e. The van der Waals surface area contributed by atoms with Crippen molar-refractivity contribution in [2.75, 3.05) is 0 Å². The molecule has 176 valence electrons. The van der Waals surface area contributed by atoms with Gasteiger partial charge in [-0.05, 0) is 19.3 Å². The molecule has 0 aromatic rings. The van der Waals surface area contributed by atoms with E-state index in [2.05, 4.69) is 12.2 Å². The molecule has 0 aromatic carbocycles. The minimum absolute atomic E-state index is 0.0846. The van der Waals surface area contributed by atoms with E-state index in [0.717, 1.165) is 19.3 Å². The van der Waals surface area contributed by atoms with Crippen molar-refractivity contribution >= 4 is 17.8 Å². The molecule has 0 aromatic heterocycles. The van der Waals surface area contributed by atoms with E-state index in [4.69, 9.17) is 10.2 Å². The lowest BCUT2D eigenvalue weighted by Crippen LogP contribution is -2.40.